The third-order valence-corrected chi connectivity index (χ3v) is 3.47. The minimum absolute atomic E-state index is 0.692. The molecule has 0 aromatic rings. The highest BCUT2D eigenvalue weighted by Crippen LogP contribution is 2.36. The summed E-state index contributed by atoms with van der Waals surface area (Å²) in [6, 6.07) is 0. The summed E-state index contributed by atoms with van der Waals surface area (Å²) < 4.78 is 0. The van der Waals surface area contributed by atoms with Crippen molar-refractivity contribution in [2.45, 2.75) is 53.4 Å². The molecule has 0 radical (unpaired) electrons. The Labute approximate surface area is 107 Å². The number of rotatable bonds is 4. The first-order chi connectivity index (χ1) is 7.91. The first-order valence-corrected chi connectivity index (χ1v) is 6.62. The minimum Gasteiger partial charge on any atom is -0.0958 e. The van der Waals surface area contributed by atoms with E-state index in [2.05, 4.69) is 46.9 Å². The normalized spacial score (nSPS) is 20.1. The van der Waals surface area contributed by atoms with Gasteiger partial charge in [-0.05, 0) is 57.9 Å². The van der Waals surface area contributed by atoms with Gasteiger partial charge in [0.1, 0.15) is 0 Å². The van der Waals surface area contributed by atoms with Crippen LogP contribution in [0.25, 0.3) is 0 Å². The van der Waals surface area contributed by atoms with Gasteiger partial charge in [0.15, 0.2) is 0 Å². The molecule has 1 atom stereocenters. The highest BCUT2D eigenvalue weighted by Gasteiger charge is 2.19. The van der Waals surface area contributed by atoms with Crippen molar-refractivity contribution in [3.8, 4) is 0 Å². The van der Waals surface area contributed by atoms with Gasteiger partial charge in [-0.1, -0.05) is 48.5 Å². The fourth-order valence-corrected chi connectivity index (χ4v) is 2.69. The molecule has 94 valence electrons. The van der Waals surface area contributed by atoms with E-state index in [1.165, 1.54) is 41.6 Å². The van der Waals surface area contributed by atoms with Gasteiger partial charge >= 0.3 is 0 Å². The first-order valence-electron chi connectivity index (χ1n) is 6.62. The maximum absolute atomic E-state index is 4.18. The molecule has 0 aliphatic heterocycles. The zero-order valence-corrected chi connectivity index (χ0v) is 11.9. The lowest BCUT2D eigenvalue weighted by Gasteiger charge is -2.27. The fraction of sp³-hybridized carbons (Fsp3) is 0.529. The van der Waals surface area contributed by atoms with E-state index < -0.39 is 0 Å². The van der Waals surface area contributed by atoms with Crippen LogP contribution in [0.2, 0.25) is 0 Å². The van der Waals surface area contributed by atoms with Crippen LogP contribution in [-0.4, -0.2) is 0 Å². The third kappa shape index (κ3) is 4.03. The number of hydrogen-bond acceptors (Lipinski definition) is 0. The molecule has 1 aliphatic carbocycles. The Balaban J connectivity index is 2.93. The number of hydrogen-bond donors (Lipinski definition) is 0. The Morgan fingerprint density at radius 1 is 1.29 bits per heavy atom. The molecule has 0 heterocycles. The molecule has 0 unspecified atom stereocenters. The smallest absolute Gasteiger partial charge is 0.00644 e. The van der Waals surface area contributed by atoms with Crippen molar-refractivity contribution in [2.75, 3.05) is 0 Å². The van der Waals surface area contributed by atoms with Crippen molar-refractivity contribution in [2.24, 2.45) is 5.92 Å². The summed E-state index contributed by atoms with van der Waals surface area (Å²) in [4.78, 5) is 0. The lowest BCUT2D eigenvalue weighted by atomic mass is 9.79. The van der Waals surface area contributed by atoms with Gasteiger partial charge in [-0.3, -0.25) is 0 Å². The van der Waals surface area contributed by atoms with E-state index in [0.29, 0.717) is 5.92 Å². The Kier molecular flexibility index (Phi) is 4.99. The van der Waals surface area contributed by atoms with Crippen LogP contribution in [0.1, 0.15) is 53.4 Å². The van der Waals surface area contributed by atoms with E-state index >= 15 is 0 Å². The molecule has 0 aromatic heterocycles. The van der Waals surface area contributed by atoms with E-state index in [1.54, 1.807) is 5.57 Å². The van der Waals surface area contributed by atoms with Gasteiger partial charge in [0.05, 0.1) is 0 Å². The lowest BCUT2D eigenvalue weighted by molar-refractivity contribution is 0.527. The Morgan fingerprint density at radius 3 is 2.47 bits per heavy atom. The second-order valence-electron chi connectivity index (χ2n) is 5.63. The summed E-state index contributed by atoms with van der Waals surface area (Å²) in [6.07, 6.45) is 7.05. The molecule has 0 fully saturated rings. The van der Waals surface area contributed by atoms with Gasteiger partial charge in [-0.2, -0.15) is 0 Å². The van der Waals surface area contributed by atoms with Gasteiger partial charge in [0, 0.05) is 0 Å². The van der Waals surface area contributed by atoms with Crippen LogP contribution in [-0.2, 0) is 0 Å². The molecule has 0 amide bonds. The molecule has 0 aromatic carbocycles. The third-order valence-electron chi connectivity index (χ3n) is 3.47. The minimum atomic E-state index is 0.692. The van der Waals surface area contributed by atoms with Crippen LogP contribution in [0.5, 0.6) is 0 Å². The molecule has 1 rings (SSSR count). The largest absolute Gasteiger partial charge is 0.0958 e. The summed E-state index contributed by atoms with van der Waals surface area (Å²) in [5, 5.41) is 0. The van der Waals surface area contributed by atoms with Gasteiger partial charge in [-0.25, -0.2) is 0 Å². The fourth-order valence-electron chi connectivity index (χ4n) is 2.69. The first kappa shape index (κ1) is 14.0. The van der Waals surface area contributed by atoms with E-state index in [-0.39, 0.29) is 0 Å². The highest BCUT2D eigenvalue weighted by molar-refractivity contribution is 5.38. The molecule has 0 bridgehead atoms. The Bertz CT molecular complexity index is 373. The van der Waals surface area contributed by atoms with Gasteiger partial charge in [0.25, 0.3) is 0 Å². The monoisotopic (exact) mass is 230 g/mol. The van der Waals surface area contributed by atoms with E-state index in [0.717, 1.165) is 6.42 Å². The predicted molar refractivity (Wildman–Crippen MR) is 78.0 cm³/mol. The molecule has 0 saturated heterocycles. The maximum Gasteiger partial charge on any atom is -0.00644 e. The van der Waals surface area contributed by atoms with Crippen molar-refractivity contribution in [1.29, 1.82) is 0 Å². The highest BCUT2D eigenvalue weighted by atomic mass is 14.2. The average molecular weight is 230 g/mol. The second kappa shape index (κ2) is 6.05. The predicted octanol–water partition coefficient (Wildman–Crippen LogP) is 5.59. The van der Waals surface area contributed by atoms with Crippen LogP contribution in [0.15, 0.2) is 47.1 Å². The van der Waals surface area contributed by atoms with Gasteiger partial charge in [0.2, 0.25) is 0 Å². The summed E-state index contributed by atoms with van der Waals surface area (Å²) in [7, 11) is 0. The van der Waals surface area contributed by atoms with Gasteiger partial charge in [-0.15, -0.1) is 0 Å². The van der Waals surface area contributed by atoms with Crippen molar-refractivity contribution in [3.05, 3.63) is 47.1 Å². The van der Waals surface area contributed by atoms with Crippen molar-refractivity contribution in [3.63, 3.8) is 0 Å². The zero-order chi connectivity index (χ0) is 13.0. The van der Waals surface area contributed by atoms with Crippen LogP contribution in [0.3, 0.4) is 0 Å². The summed E-state index contributed by atoms with van der Waals surface area (Å²) >= 11 is 0. The molecule has 0 saturated carbocycles. The zero-order valence-electron chi connectivity index (χ0n) is 11.9. The van der Waals surface area contributed by atoms with Crippen molar-refractivity contribution in [1.82, 2.24) is 0 Å². The second-order valence-corrected chi connectivity index (χ2v) is 5.63. The average Bonchev–Trinajstić information content (AvgIpc) is 2.19. The Morgan fingerprint density at radius 2 is 1.94 bits per heavy atom. The Hall–Kier alpha value is -1.04. The molecule has 0 N–H and O–H groups in total. The summed E-state index contributed by atoms with van der Waals surface area (Å²) in [5.74, 6) is 0.692. The maximum atomic E-state index is 4.18. The van der Waals surface area contributed by atoms with Crippen LogP contribution >= 0.6 is 0 Å². The topological polar surface area (TPSA) is 0 Å². The molecule has 0 spiro atoms. The molecular weight excluding hydrogens is 204 g/mol. The lowest BCUT2D eigenvalue weighted by Crippen LogP contribution is -2.10. The quantitative estimate of drug-likeness (QED) is 0.552. The van der Waals surface area contributed by atoms with Crippen LogP contribution in [0, 0.1) is 5.92 Å². The van der Waals surface area contributed by atoms with Gasteiger partial charge < -0.3 is 0 Å². The summed E-state index contributed by atoms with van der Waals surface area (Å²) in [5.41, 5.74) is 6.89. The molecule has 0 nitrogen and oxygen atoms in total. The van der Waals surface area contributed by atoms with Crippen molar-refractivity contribution >= 4 is 0 Å². The van der Waals surface area contributed by atoms with E-state index in [4.69, 9.17) is 0 Å². The standard InChI is InChI=1S/C17H26/c1-12(2)10-14(5)11-17-15(6)8-7-9-16(17)13(3)4/h10,15H,3,5,7-9,11H2,1-2,4,6H3/t15-/m0/s1. The molecule has 0 heteroatoms. The van der Waals surface area contributed by atoms with E-state index in [9.17, 15) is 0 Å². The summed E-state index contributed by atoms with van der Waals surface area (Å²) in [6.45, 7) is 17.0. The molecule has 1 aliphatic rings. The van der Waals surface area contributed by atoms with Crippen LogP contribution < -0.4 is 0 Å². The van der Waals surface area contributed by atoms with E-state index in [1.807, 2.05) is 0 Å². The SMILES string of the molecule is C=C(C=C(C)C)CC1=C(C(=C)C)CCC[C@@H]1C. The molecular formula is C17H26. The van der Waals surface area contributed by atoms with Crippen LogP contribution in [0.4, 0.5) is 0 Å². The van der Waals surface area contributed by atoms with Crippen molar-refractivity contribution < 1.29 is 0 Å². The number of allylic oxidation sites excluding steroid dienone is 6. The molecule has 17 heavy (non-hydrogen) atoms.